The zero-order valence-electron chi connectivity index (χ0n) is 18.4. The summed E-state index contributed by atoms with van der Waals surface area (Å²) < 4.78 is 7.21. The number of hydrogen-bond donors (Lipinski definition) is 0. The van der Waals surface area contributed by atoms with Crippen molar-refractivity contribution < 1.29 is 9.53 Å². The van der Waals surface area contributed by atoms with Crippen LogP contribution in [-0.2, 0) is 4.79 Å². The third-order valence-corrected chi connectivity index (χ3v) is 5.99. The first kappa shape index (κ1) is 23.2. The van der Waals surface area contributed by atoms with Gasteiger partial charge in [0, 0.05) is 17.6 Å². The quantitative estimate of drug-likeness (QED) is 0.427. The van der Waals surface area contributed by atoms with Crippen LogP contribution < -0.4 is 4.74 Å². The molecule has 1 aromatic heterocycles. The molecule has 6 nitrogen and oxygen atoms in total. The molecule has 0 N–H and O–H groups in total. The lowest BCUT2D eigenvalue weighted by molar-refractivity contribution is -0.131. The molecule has 0 aliphatic carbocycles. The monoisotopic (exact) mass is 458 g/mol. The van der Waals surface area contributed by atoms with E-state index < -0.39 is 0 Å². The third kappa shape index (κ3) is 5.22. The highest BCUT2D eigenvalue weighted by Crippen LogP contribution is 2.32. The molecule has 0 saturated carbocycles. The Morgan fingerprint density at radius 1 is 1.10 bits per heavy atom. The molecule has 164 valence electrons. The Morgan fingerprint density at radius 3 is 2.35 bits per heavy atom. The van der Waals surface area contributed by atoms with Crippen molar-refractivity contribution in [1.29, 1.82) is 0 Å². The van der Waals surface area contributed by atoms with Crippen LogP contribution in [-0.4, -0.2) is 50.5 Å². The standard InChI is InChI=1S/C23H27ClN4O2S/c1-15(2)27(16(3)4)21(29)14-31-23-26-25-22(17-9-7-6-8-10-17)28(23)18-11-12-20(30-5)19(24)13-18/h6-13,15-16H,14H2,1-5H3. The maximum atomic E-state index is 12.9. The van der Waals surface area contributed by atoms with Gasteiger partial charge in [-0.1, -0.05) is 53.7 Å². The molecule has 0 aliphatic heterocycles. The molecule has 0 bridgehead atoms. The van der Waals surface area contributed by atoms with Crippen LogP contribution in [0.3, 0.4) is 0 Å². The first-order valence-corrected chi connectivity index (χ1v) is 11.5. The van der Waals surface area contributed by atoms with E-state index in [4.69, 9.17) is 16.3 Å². The summed E-state index contributed by atoms with van der Waals surface area (Å²) in [5.74, 6) is 1.61. The molecule has 8 heteroatoms. The molecule has 0 aliphatic rings. The Hall–Kier alpha value is -2.51. The average Bonchev–Trinajstić information content (AvgIpc) is 3.16. The van der Waals surface area contributed by atoms with E-state index >= 15 is 0 Å². The van der Waals surface area contributed by atoms with Gasteiger partial charge in [0.05, 0.1) is 23.6 Å². The number of amides is 1. The molecule has 0 spiro atoms. The first-order valence-electron chi connectivity index (χ1n) is 10.1. The molecule has 31 heavy (non-hydrogen) atoms. The van der Waals surface area contributed by atoms with Crippen LogP contribution >= 0.6 is 23.4 Å². The third-order valence-electron chi connectivity index (χ3n) is 4.78. The predicted octanol–water partition coefficient (Wildman–Crippen LogP) is 5.33. The minimum atomic E-state index is 0.0681. The Morgan fingerprint density at radius 2 is 1.77 bits per heavy atom. The van der Waals surface area contributed by atoms with E-state index in [0.717, 1.165) is 11.3 Å². The summed E-state index contributed by atoms with van der Waals surface area (Å²) in [5.41, 5.74) is 1.72. The molecular weight excluding hydrogens is 432 g/mol. The summed E-state index contributed by atoms with van der Waals surface area (Å²) in [6, 6.07) is 15.6. The van der Waals surface area contributed by atoms with Crippen LogP contribution in [0, 0.1) is 0 Å². The number of nitrogens with zero attached hydrogens (tertiary/aromatic N) is 4. The Bertz CT molecular complexity index is 1030. The van der Waals surface area contributed by atoms with E-state index in [9.17, 15) is 4.79 Å². The summed E-state index contributed by atoms with van der Waals surface area (Å²) >= 11 is 7.76. The van der Waals surface area contributed by atoms with Crippen LogP contribution in [0.2, 0.25) is 5.02 Å². The fourth-order valence-electron chi connectivity index (χ4n) is 3.54. The SMILES string of the molecule is COc1ccc(-n2c(SCC(=O)N(C(C)C)C(C)C)nnc2-c2ccccc2)cc1Cl. The summed E-state index contributed by atoms with van der Waals surface area (Å²) in [6.07, 6.45) is 0. The van der Waals surface area contributed by atoms with Crippen molar-refractivity contribution in [1.82, 2.24) is 19.7 Å². The largest absolute Gasteiger partial charge is 0.495 e. The lowest BCUT2D eigenvalue weighted by Crippen LogP contribution is -2.43. The maximum Gasteiger partial charge on any atom is 0.233 e. The number of rotatable bonds is 8. The van der Waals surface area contributed by atoms with Gasteiger partial charge in [-0.15, -0.1) is 10.2 Å². The highest BCUT2D eigenvalue weighted by atomic mass is 35.5. The molecule has 3 aromatic rings. The van der Waals surface area contributed by atoms with Gasteiger partial charge in [-0.2, -0.15) is 0 Å². The number of halogens is 1. The maximum absolute atomic E-state index is 12.9. The van der Waals surface area contributed by atoms with Crippen LogP contribution in [0.25, 0.3) is 17.1 Å². The molecule has 0 unspecified atom stereocenters. The van der Waals surface area contributed by atoms with Gasteiger partial charge in [-0.05, 0) is 45.9 Å². The second-order valence-electron chi connectivity index (χ2n) is 7.60. The van der Waals surface area contributed by atoms with Crippen LogP contribution in [0.5, 0.6) is 5.75 Å². The zero-order chi connectivity index (χ0) is 22.5. The van der Waals surface area contributed by atoms with E-state index in [1.807, 2.05) is 85.7 Å². The van der Waals surface area contributed by atoms with Crippen molar-refractivity contribution >= 4 is 29.3 Å². The summed E-state index contributed by atoms with van der Waals surface area (Å²) in [4.78, 5) is 14.8. The lowest BCUT2D eigenvalue weighted by Gasteiger charge is -2.30. The molecule has 2 aromatic carbocycles. The normalized spacial score (nSPS) is 11.2. The number of ether oxygens (including phenoxy) is 1. The van der Waals surface area contributed by atoms with Gasteiger partial charge < -0.3 is 9.64 Å². The number of benzene rings is 2. The van der Waals surface area contributed by atoms with Crippen molar-refractivity contribution in [3.63, 3.8) is 0 Å². The topological polar surface area (TPSA) is 60.2 Å². The molecule has 0 atom stereocenters. The van der Waals surface area contributed by atoms with E-state index in [0.29, 0.717) is 21.8 Å². The van der Waals surface area contributed by atoms with Gasteiger partial charge in [0.15, 0.2) is 11.0 Å². The highest BCUT2D eigenvalue weighted by molar-refractivity contribution is 7.99. The molecule has 3 rings (SSSR count). The molecule has 0 fully saturated rings. The number of carbonyl (C=O) groups excluding carboxylic acids is 1. The van der Waals surface area contributed by atoms with Crippen molar-refractivity contribution in [2.75, 3.05) is 12.9 Å². The summed E-state index contributed by atoms with van der Waals surface area (Å²) in [7, 11) is 1.58. The molecule has 1 amide bonds. The number of aromatic nitrogens is 3. The van der Waals surface area contributed by atoms with Gasteiger partial charge in [0.1, 0.15) is 5.75 Å². The minimum absolute atomic E-state index is 0.0681. The van der Waals surface area contributed by atoms with Crippen molar-refractivity contribution in [3.05, 3.63) is 53.6 Å². The van der Waals surface area contributed by atoms with Gasteiger partial charge >= 0.3 is 0 Å². The van der Waals surface area contributed by atoms with Crippen LogP contribution in [0.4, 0.5) is 0 Å². The minimum Gasteiger partial charge on any atom is -0.495 e. The van der Waals surface area contributed by atoms with Crippen molar-refractivity contribution in [2.24, 2.45) is 0 Å². The second-order valence-corrected chi connectivity index (χ2v) is 8.95. The fraction of sp³-hybridized carbons (Fsp3) is 0.348. The molecule has 0 saturated heterocycles. The van der Waals surface area contributed by atoms with E-state index in [1.54, 1.807) is 7.11 Å². The highest BCUT2D eigenvalue weighted by Gasteiger charge is 2.23. The average molecular weight is 459 g/mol. The number of hydrogen-bond acceptors (Lipinski definition) is 5. The zero-order valence-corrected chi connectivity index (χ0v) is 19.9. The number of thioether (sulfide) groups is 1. The molecular formula is C23H27ClN4O2S. The summed E-state index contributed by atoms with van der Waals surface area (Å²) in [6.45, 7) is 8.10. The van der Waals surface area contributed by atoms with Crippen molar-refractivity contribution in [3.8, 4) is 22.8 Å². The van der Waals surface area contributed by atoms with Crippen molar-refractivity contribution in [2.45, 2.75) is 44.9 Å². The molecule has 0 radical (unpaired) electrons. The Kier molecular flexibility index (Phi) is 7.62. The number of methoxy groups -OCH3 is 1. The van der Waals surface area contributed by atoms with Crippen LogP contribution in [0.15, 0.2) is 53.7 Å². The van der Waals surface area contributed by atoms with E-state index in [2.05, 4.69) is 10.2 Å². The van der Waals surface area contributed by atoms with E-state index in [-0.39, 0.29) is 23.7 Å². The number of carbonyl (C=O) groups is 1. The lowest BCUT2D eigenvalue weighted by atomic mass is 10.2. The van der Waals surface area contributed by atoms with Gasteiger partial charge in [-0.25, -0.2) is 0 Å². The Balaban J connectivity index is 1.99. The summed E-state index contributed by atoms with van der Waals surface area (Å²) in [5, 5.41) is 9.93. The van der Waals surface area contributed by atoms with E-state index in [1.165, 1.54) is 11.8 Å². The first-order chi connectivity index (χ1) is 14.8. The second kappa shape index (κ2) is 10.2. The van der Waals surface area contributed by atoms with Gasteiger partial charge in [-0.3, -0.25) is 9.36 Å². The predicted molar refractivity (Wildman–Crippen MR) is 126 cm³/mol. The smallest absolute Gasteiger partial charge is 0.233 e. The van der Waals surface area contributed by atoms with Crippen LogP contribution in [0.1, 0.15) is 27.7 Å². The fourth-order valence-corrected chi connectivity index (χ4v) is 4.61. The van der Waals surface area contributed by atoms with Gasteiger partial charge in [0.25, 0.3) is 0 Å². The molecule has 1 heterocycles. The van der Waals surface area contributed by atoms with Gasteiger partial charge in [0.2, 0.25) is 5.91 Å². The Labute approximate surface area is 192 Å².